The number of nitrogens with zero attached hydrogens (tertiary/aromatic N) is 2. The first kappa shape index (κ1) is 15.2. The molecule has 2 aromatic rings. The van der Waals surface area contributed by atoms with Crippen LogP contribution in [0, 0.1) is 5.82 Å². The number of benzene rings is 1. The highest BCUT2D eigenvalue weighted by Gasteiger charge is 2.18. The van der Waals surface area contributed by atoms with Crippen molar-refractivity contribution in [2.75, 3.05) is 7.05 Å². The van der Waals surface area contributed by atoms with Gasteiger partial charge in [0.25, 0.3) is 0 Å². The van der Waals surface area contributed by atoms with Crippen LogP contribution in [0.25, 0.3) is 0 Å². The summed E-state index contributed by atoms with van der Waals surface area (Å²) in [5.74, 6) is -0.225. The van der Waals surface area contributed by atoms with E-state index in [9.17, 15) is 4.39 Å². The fourth-order valence-electron chi connectivity index (χ4n) is 2.39. The van der Waals surface area contributed by atoms with Crippen molar-refractivity contribution < 1.29 is 4.39 Å². The van der Waals surface area contributed by atoms with Gasteiger partial charge in [0, 0.05) is 29.3 Å². The topological polar surface area (TPSA) is 29.9 Å². The third-order valence-electron chi connectivity index (χ3n) is 3.44. The molecule has 0 saturated carbocycles. The lowest BCUT2D eigenvalue weighted by atomic mass is 9.98. The van der Waals surface area contributed by atoms with Crippen molar-refractivity contribution in [2.45, 2.75) is 25.8 Å². The quantitative estimate of drug-likeness (QED) is 0.904. The Bertz CT molecular complexity index is 595. The molecular formula is C15H19BrFN3. The van der Waals surface area contributed by atoms with Gasteiger partial charge in [0.15, 0.2) is 0 Å². The highest BCUT2D eigenvalue weighted by atomic mass is 79.9. The Labute approximate surface area is 127 Å². The Kier molecular flexibility index (Phi) is 4.94. The molecule has 0 spiro atoms. The van der Waals surface area contributed by atoms with Crippen molar-refractivity contribution in [1.82, 2.24) is 15.1 Å². The molecule has 1 aromatic carbocycles. The van der Waals surface area contributed by atoms with Crippen LogP contribution in [0.2, 0.25) is 0 Å². The number of likely N-dealkylation sites (N-methyl/N-ethyl adjacent to an activating group) is 1. The monoisotopic (exact) mass is 339 g/mol. The summed E-state index contributed by atoms with van der Waals surface area (Å²) in [4.78, 5) is 0. The second-order valence-electron chi connectivity index (χ2n) is 4.84. The molecular weight excluding hydrogens is 321 g/mol. The summed E-state index contributed by atoms with van der Waals surface area (Å²) in [6, 6.07) is 4.99. The van der Waals surface area contributed by atoms with E-state index in [2.05, 4.69) is 39.5 Å². The molecule has 0 amide bonds. The summed E-state index contributed by atoms with van der Waals surface area (Å²) in [6.07, 6.45) is 3.74. The lowest BCUT2D eigenvalue weighted by Gasteiger charge is -2.17. The second kappa shape index (κ2) is 6.50. The van der Waals surface area contributed by atoms with Crippen molar-refractivity contribution in [1.29, 1.82) is 0 Å². The van der Waals surface area contributed by atoms with Crippen LogP contribution in [-0.4, -0.2) is 16.8 Å². The molecule has 0 aliphatic carbocycles. The standard InChI is InChI=1S/C15H19BrFN3/c1-4-14-12(9-20(3)19-14)15(18-2)7-10-5-6-11(17)8-13(10)16/h5-6,8-9,15,18H,4,7H2,1-3H3. The van der Waals surface area contributed by atoms with Crippen molar-refractivity contribution in [3.63, 3.8) is 0 Å². The SMILES string of the molecule is CCc1nn(C)cc1C(Cc1ccc(F)cc1Br)NC. The van der Waals surface area contributed by atoms with Crippen molar-refractivity contribution in [2.24, 2.45) is 7.05 Å². The Morgan fingerprint density at radius 3 is 2.80 bits per heavy atom. The molecule has 0 aliphatic heterocycles. The summed E-state index contributed by atoms with van der Waals surface area (Å²) in [7, 11) is 3.87. The van der Waals surface area contributed by atoms with Gasteiger partial charge in [0.1, 0.15) is 5.82 Å². The third-order valence-corrected chi connectivity index (χ3v) is 4.17. The lowest BCUT2D eigenvalue weighted by Crippen LogP contribution is -2.20. The molecule has 108 valence electrons. The largest absolute Gasteiger partial charge is 0.313 e. The molecule has 0 saturated heterocycles. The fourth-order valence-corrected chi connectivity index (χ4v) is 2.91. The van der Waals surface area contributed by atoms with Gasteiger partial charge >= 0.3 is 0 Å². The van der Waals surface area contributed by atoms with Crippen molar-refractivity contribution in [3.05, 3.63) is 51.5 Å². The highest BCUT2D eigenvalue weighted by Crippen LogP contribution is 2.26. The van der Waals surface area contributed by atoms with E-state index in [-0.39, 0.29) is 11.9 Å². The van der Waals surface area contributed by atoms with E-state index >= 15 is 0 Å². The van der Waals surface area contributed by atoms with Gasteiger partial charge in [-0.1, -0.05) is 28.9 Å². The Balaban J connectivity index is 2.28. The van der Waals surface area contributed by atoms with Gasteiger partial charge in [-0.3, -0.25) is 4.68 Å². The summed E-state index contributed by atoms with van der Waals surface area (Å²) in [5, 5.41) is 7.81. The first-order valence-corrected chi connectivity index (χ1v) is 7.48. The number of aromatic nitrogens is 2. The summed E-state index contributed by atoms with van der Waals surface area (Å²) < 4.78 is 15.8. The zero-order chi connectivity index (χ0) is 14.7. The zero-order valence-corrected chi connectivity index (χ0v) is 13.5. The fraction of sp³-hybridized carbons (Fsp3) is 0.400. The minimum absolute atomic E-state index is 0.167. The first-order valence-electron chi connectivity index (χ1n) is 6.68. The van der Waals surface area contributed by atoms with E-state index in [0.29, 0.717) is 0 Å². The van der Waals surface area contributed by atoms with Crippen LogP contribution >= 0.6 is 15.9 Å². The van der Waals surface area contributed by atoms with Crippen LogP contribution in [0.3, 0.4) is 0 Å². The molecule has 0 aliphatic rings. The van der Waals surface area contributed by atoms with Crippen LogP contribution in [0.4, 0.5) is 4.39 Å². The van der Waals surface area contributed by atoms with Gasteiger partial charge in [-0.05, 0) is 37.6 Å². The summed E-state index contributed by atoms with van der Waals surface area (Å²) >= 11 is 3.43. The highest BCUT2D eigenvalue weighted by molar-refractivity contribution is 9.10. The van der Waals surface area contributed by atoms with Crippen LogP contribution in [0.15, 0.2) is 28.9 Å². The van der Waals surface area contributed by atoms with Crippen LogP contribution in [0.5, 0.6) is 0 Å². The van der Waals surface area contributed by atoms with E-state index in [1.807, 2.05) is 24.8 Å². The maximum atomic E-state index is 13.2. The third kappa shape index (κ3) is 3.27. The molecule has 20 heavy (non-hydrogen) atoms. The lowest BCUT2D eigenvalue weighted by molar-refractivity contribution is 0.582. The molecule has 0 fully saturated rings. The van der Waals surface area contributed by atoms with Gasteiger partial charge in [0.05, 0.1) is 5.69 Å². The smallest absolute Gasteiger partial charge is 0.124 e. The van der Waals surface area contributed by atoms with Crippen LogP contribution in [0.1, 0.15) is 29.8 Å². The van der Waals surface area contributed by atoms with E-state index in [0.717, 1.165) is 28.6 Å². The van der Waals surface area contributed by atoms with E-state index < -0.39 is 0 Å². The molecule has 3 nitrogen and oxygen atoms in total. The van der Waals surface area contributed by atoms with Gasteiger partial charge in [-0.15, -0.1) is 0 Å². The molecule has 1 unspecified atom stereocenters. The van der Waals surface area contributed by atoms with Gasteiger partial charge < -0.3 is 5.32 Å². The Morgan fingerprint density at radius 2 is 2.20 bits per heavy atom. The number of nitrogens with one attached hydrogen (secondary N) is 1. The molecule has 0 bridgehead atoms. The number of aryl methyl sites for hydroxylation is 2. The molecule has 2 rings (SSSR count). The van der Waals surface area contributed by atoms with E-state index in [4.69, 9.17) is 0 Å². The average Bonchev–Trinajstić information content (AvgIpc) is 2.79. The van der Waals surface area contributed by atoms with Crippen LogP contribution in [-0.2, 0) is 19.9 Å². The van der Waals surface area contributed by atoms with Crippen LogP contribution < -0.4 is 5.32 Å². The number of hydrogen-bond donors (Lipinski definition) is 1. The normalized spacial score (nSPS) is 12.7. The maximum Gasteiger partial charge on any atom is 0.124 e. The molecule has 1 heterocycles. The predicted molar refractivity (Wildman–Crippen MR) is 82.2 cm³/mol. The number of rotatable bonds is 5. The maximum absolute atomic E-state index is 13.2. The summed E-state index contributed by atoms with van der Waals surface area (Å²) in [6.45, 7) is 2.10. The molecule has 0 radical (unpaired) electrons. The van der Waals surface area contributed by atoms with E-state index in [1.54, 1.807) is 0 Å². The Morgan fingerprint density at radius 1 is 1.45 bits per heavy atom. The van der Waals surface area contributed by atoms with Gasteiger partial charge in [0.2, 0.25) is 0 Å². The molecule has 1 aromatic heterocycles. The minimum atomic E-state index is -0.225. The first-order chi connectivity index (χ1) is 9.55. The second-order valence-corrected chi connectivity index (χ2v) is 5.69. The molecule has 1 N–H and O–H groups in total. The molecule has 1 atom stereocenters. The average molecular weight is 340 g/mol. The van der Waals surface area contributed by atoms with Crippen molar-refractivity contribution in [3.8, 4) is 0 Å². The minimum Gasteiger partial charge on any atom is -0.313 e. The molecule has 5 heteroatoms. The zero-order valence-electron chi connectivity index (χ0n) is 12.0. The van der Waals surface area contributed by atoms with Gasteiger partial charge in [-0.25, -0.2) is 4.39 Å². The Hall–Kier alpha value is -1.20. The number of halogens is 2. The van der Waals surface area contributed by atoms with E-state index in [1.165, 1.54) is 17.7 Å². The van der Waals surface area contributed by atoms with Crippen molar-refractivity contribution >= 4 is 15.9 Å². The predicted octanol–water partition coefficient (Wildman–Crippen LogP) is 3.39. The number of hydrogen-bond acceptors (Lipinski definition) is 2. The van der Waals surface area contributed by atoms with Gasteiger partial charge in [-0.2, -0.15) is 5.10 Å². The summed E-state index contributed by atoms with van der Waals surface area (Å²) in [5.41, 5.74) is 3.38.